The molecule has 0 unspecified atom stereocenters. The van der Waals surface area contributed by atoms with Gasteiger partial charge in [-0.2, -0.15) is 0 Å². The van der Waals surface area contributed by atoms with Crippen molar-refractivity contribution >= 4 is 11.8 Å². The first-order valence-corrected chi connectivity index (χ1v) is 11.8. The molecule has 0 saturated heterocycles. The maximum atomic E-state index is 15.1. The van der Waals surface area contributed by atoms with Crippen LogP contribution in [0.5, 0.6) is 11.5 Å². The number of hydrogen-bond donors (Lipinski definition) is 1. The molecule has 7 nitrogen and oxygen atoms in total. The largest absolute Gasteiger partial charge is 0.493 e. The summed E-state index contributed by atoms with van der Waals surface area (Å²) >= 11 is 0. The predicted octanol–water partition coefficient (Wildman–Crippen LogP) is 4.39. The van der Waals surface area contributed by atoms with Gasteiger partial charge in [0.05, 0.1) is 32.3 Å². The van der Waals surface area contributed by atoms with Gasteiger partial charge in [-0.25, -0.2) is 9.18 Å². The van der Waals surface area contributed by atoms with Gasteiger partial charge in [0.2, 0.25) is 0 Å². The van der Waals surface area contributed by atoms with Crippen LogP contribution in [-0.2, 0) is 19.1 Å². The molecule has 8 heteroatoms. The van der Waals surface area contributed by atoms with Crippen LogP contribution >= 0.6 is 0 Å². The van der Waals surface area contributed by atoms with Crippen molar-refractivity contribution in [3.8, 4) is 11.5 Å². The van der Waals surface area contributed by atoms with Gasteiger partial charge >= 0.3 is 5.97 Å². The van der Waals surface area contributed by atoms with Crippen LogP contribution in [0, 0.1) is 5.82 Å². The number of esters is 1. The van der Waals surface area contributed by atoms with Crippen molar-refractivity contribution in [1.29, 1.82) is 0 Å². The van der Waals surface area contributed by atoms with Gasteiger partial charge in [-0.3, -0.25) is 4.79 Å². The van der Waals surface area contributed by atoms with Gasteiger partial charge in [0.25, 0.3) is 0 Å². The fourth-order valence-electron chi connectivity index (χ4n) is 4.97. The highest BCUT2D eigenvalue weighted by Crippen LogP contribution is 2.47. The van der Waals surface area contributed by atoms with Gasteiger partial charge in [0.1, 0.15) is 12.4 Å². The molecule has 1 N–H and O–H groups in total. The Kier molecular flexibility index (Phi) is 7.74. The van der Waals surface area contributed by atoms with Crippen molar-refractivity contribution in [2.75, 3.05) is 34.5 Å². The fraction of sp³-hybridized carbons (Fsp3) is 0.357. The van der Waals surface area contributed by atoms with Crippen molar-refractivity contribution in [3.05, 3.63) is 81.9 Å². The first kappa shape index (κ1) is 25.4. The summed E-state index contributed by atoms with van der Waals surface area (Å²) in [4.78, 5) is 26.8. The van der Waals surface area contributed by atoms with E-state index in [4.69, 9.17) is 18.9 Å². The van der Waals surface area contributed by atoms with Gasteiger partial charge in [-0.15, -0.1) is 0 Å². The Bertz CT molecular complexity index is 1230. The number of benzene rings is 2. The number of Topliss-reactive ketones (excluding diaryl/α,β-unsaturated/α-hetero) is 1. The van der Waals surface area contributed by atoms with E-state index < -0.39 is 17.7 Å². The minimum Gasteiger partial charge on any atom is -0.493 e. The fourth-order valence-corrected chi connectivity index (χ4v) is 4.97. The van der Waals surface area contributed by atoms with Gasteiger partial charge in [-0.1, -0.05) is 24.3 Å². The molecule has 0 bridgehead atoms. The van der Waals surface area contributed by atoms with Crippen molar-refractivity contribution in [1.82, 2.24) is 5.32 Å². The van der Waals surface area contributed by atoms with E-state index in [1.165, 1.54) is 13.2 Å². The Labute approximate surface area is 209 Å². The number of hydrogen-bond acceptors (Lipinski definition) is 7. The van der Waals surface area contributed by atoms with E-state index in [0.717, 1.165) is 5.56 Å². The molecular formula is C28H30FNO6. The highest BCUT2D eigenvalue weighted by atomic mass is 19.1. The van der Waals surface area contributed by atoms with E-state index in [-0.39, 0.29) is 42.5 Å². The second-order valence-electron chi connectivity index (χ2n) is 8.78. The molecule has 2 aromatic rings. The van der Waals surface area contributed by atoms with Crippen LogP contribution < -0.4 is 14.8 Å². The molecule has 0 spiro atoms. The Morgan fingerprint density at radius 3 is 2.47 bits per heavy atom. The highest BCUT2D eigenvalue weighted by molar-refractivity contribution is 6.04. The molecule has 4 rings (SSSR count). The Morgan fingerprint density at radius 1 is 1.03 bits per heavy atom. The number of ether oxygens (including phenoxy) is 4. The summed E-state index contributed by atoms with van der Waals surface area (Å²) in [5.41, 5.74) is 3.05. The number of allylic oxidation sites excluding steroid dienone is 3. The van der Waals surface area contributed by atoms with E-state index in [1.807, 2.05) is 18.2 Å². The molecule has 0 fully saturated rings. The lowest BCUT2D eigenvalue weighted by Crippen LogP contribution is -2.36. The summed E-state index contributed by atoms with van der Waals surface area (Å²) in [5.74, 6) is -1.03. The average molecular weight is 496 g/mol. The number of dihydropyridines is 1. The minimum absolute atomic E-state index is 0.0529. The smallest absolute Gasteiger partial charge is 0.336 e. The molecule has 190 valence electrons. The Morgan fingerprint density at radius 2 is 1.78 bits per heavy atom. The van der Waals surface area contributed by atoms with Gasteiger partial charge in [-0.05, 0) is 43.0 Å². The molecule has 0 amide bonds. The van der Waals surface area contributed by atoms with Crippen LogP contribution in [0.25, 0.3) is 0 Å². The number of methoxy groups -OCH3 is 3. The number of carbonyl (C=O) groups is 2. The van der Waals surface area contributed by atoms with Crippen LogP contribution in [0.3, 0.4) is 0 Å². The van der Waals surface area contributed by atoms with Crippen LogP contribution in [0.4, 0.5) is 4.39 Å². The summed E-state index contributed by atoms with van der Waals surface area (Å²) in [6.45, 7) is 2.03. The molecule has 0 radical (unpaired) electrons. The molecular weight excluding hydrogens is 465 g/mol. The first-order valence-electron chi connectivity index (χ1n) is 11.8. The Hall–Kier alpha value is -3.65. The number of carbonyl (C=O) groups excluding carboxylic acids is 2. The molecule has 2 aromatic carbocycles. The summed E-state index contributed by atoms with van der Waals surface area (Å²) in [7, 11) is 4.65. The lowest BCUT2D eigenvalue weighted by atomic mass is 9.71. The molecule has 2 aliphatic rings. The normalized spacial score (nSPS) is 19.5. The standard InChI is InChI=1S/C28H30FNO6/c1-16-25(28(32)36-12-11-33-2)26(19-7-5-6-8-20(19)29)27-21(30-16)13-18(14-22(27)31)17-9-10-23(34-3)24(15-17)35-4/h5-10,15,18,26,30H,11-14H2,1-4H3/t18-,26+/m0/s1. The summed E-state index contributed by atoms with van der Waals surface area (Å²) < 4.78 is 36.2. The highest BCUT2D eigenvalue weighted by Gasteiger charge is 2.42. The molecule has 0 saturated carbocycles. The van der Waals surface area contributed by atoms with E-state index in [9.17, 15) is 9.59 Å². The van der Waals surface area contributed by atoms with Crippen LogP contribution in [-0.4, -0.2) is 46.3 Å². The molecule has 0 aromatic heterocycles. The third kappa shape index (κ3) is 4.86. The quantitative estimate of drug-likeness (QED) is 0.430. The second-order valence-corrected chi connectivity index (χ2v) is 8.78. The first-order chi connectivity index (χ1) is 17.4. The number of ketones is 1. The van der Waals surface area contributed by atoms with Gasteiger partial charge < -0.3 is 24.3 Å². The zero-order valence-corrected chi connectivity index (χ0v) is 20.9. The minimum atomic E-state index is -0.864. The number of nitrogens with one attached hydrogen (secondary N) is 1. The zero-order chi connectivity index (χ0) is 25.8. The molecule has 36 heavy (non-hydrogen) atoms. The van der Waals surface area contributed by atoms with Crippen LogP contribution in [0.2, 0.25) is 0 Å². The lowest BCUT2D eigenvalue weighted by molar-refractivity contribution is -0.140. The number of halogens is 1. The Balaban J connectivity index is 1.75. The molecule has 2 atom stereocenters. The SMILES string of the molecule is COCCOC(=O)C1=C(C)NC2=C(C(=O)C[C@@H](c3ccc(OC)c(OC)c3)C2)[C@@H]1c1ccccc1F. The monoisotopic (exact) mass is 495 g/mol. The maximum absolute atomic E-state index is 15.1. The zero-order valence-electron chi connectivity index (χ0n) is 20.9. The lowest BCUT2D eigenvalue weighted by Gasteiger charge is -2.36. The van der Waals surface area contributed by atoms with E-state index in [0.29, 0.717) is 34.9 Å². The third-order valence-corrected chi connectivity index (χ3v) is 6.66. The summed E-state index contributed by atoms with van der Waals surface area (Å²) in [6.07, 6.45) is 0.733. The van der Waals surface area contributed by atoms with Crippen molar-refractivity contribution < 1.29 is 32.9 Å². The molecule has 1 heterocycles. The van der Waals surface area contributed by atoms with E-state index in [2.05, 4.69) is 5.32 Å². The van der Waals surface area contributed by atoms with Crippen molar-refractivity contribution in [2.45, 2.75) is 31.6 Å². The maximum Gasteiger partial charge on any atom is 0.336 e. The van der Waals surface area contributed by atoms with Crippen LogP contribution in [0.1, 0.15) is 42.7 Å². The van der Waals surface area contributed by atoms with E-state index in [1.54, 1.807) is 39.3 Å². The van der Waals surface area contributed by atoms with Gasteiger partial charge in [0.15, 0.2) is 17.3 Å². The van der Waals surface area contributed by atoms with Crippen LogP contribution in [0.15, 0.2) is 65.0 Å². The molecule has 1 aliphatic carbocycles. The average Bonchev–Trinajstić information content (AvgIpc) is 2.87. The number of rotatable bonds is 8. The van der Waals surface area contributed by atoms with Crippen molar-refractivity contribution in [3.63, 3.8) is 0 Å². The molecule has 1 aliphatic heterocycles. The topological polar surface area (TPSA) is 83.1 Å². The van der Waals surface area contributed by atoms with Crippen molar-refractivity contribution in [2.24, 2.45) is 0 Å². The summed E-state index contributed by atoms with van der Waals surface area (Å²) in [5, 5.41) is 3.27. The summed E-state index contributed by atoms with van der Waals surface area (Å²) in [6, 6.07) is 11.8. The van der Waals surface area contributed by atoms with Gasteiger partial charge in [0, 0.05) is 36.1 Å². The van der Waals surface area contributed by atoms with E-state index >= 15 is 4.39 Å². The second kappa shape index (κ2) is 11.0. The predicted molar refractivity (Wildman–Crippen MR) is 131 cm³/mol. The third-order valence-electron chi connectivity index (χ3n) is 6.66.